The van der Waals surface area contributed by atoms with E-state index in [-0.39, 0.29) is 11.2 Å². The molecule has 8 heteroatoms. The smallest absolute Gasteiger partial charge is 0.328 e. The second kappa shape index (κ2) is 6.57. The van der Waals surface area contributed by atoms with Crippen LogP contribution in [-0.4, -0.2) is 25.1 Å². The number of nitrogens with two attached hydrogens (primary N) is 1. The summed E-state index contributed by atoms with van der Waals surface area (Å²) in [5, 5.41) is 0. The summed E-state index contributed by atoms with van der Waals surface area (Å²) in [6.07, 6.45) is 6.66. The van der Waals surface area contributed by atoms with Crippen molar-refractivity contribution in [2.45, 2.75) is 38.1 Å². The largest absolute Gasteiger partial charge is 0.332 e. The third-order valence-electron chi connectivity index (χ3n) is 3.72. The van der Waals surface area contributed by atoms with Gasteiger partial charge in [-0.25, -0.2) is 9.78 Å². The van der Waals surface area contributed by atoms with Gasteiger partial charge in [0.1, 0.15) is 0 Å². The highest BCUT2D eigenvalue weighted by atomic mass is 79.9. The second-order valence-corrected chi connectivity index (χ2v) is 6.08. The molecule has 21 heavy (non-hydrogen) atoms. The molecule has 7 nitrogen and oxygen atoms in total. The van der Waals surface area contributed by atoms with Crippen LogP contribution in [0.5, 0.6) is 0 Å². The van der Waals surface area contributed by atoms with Gasteiger partial charge in [-0.3, -0.25) is 13.9 Å². The summed E-state index contributed by atoms with van der Waals surface area (Å²) >= 11 is 3.11. The first-order valence-electron chi connectivity index (χ1n) is 6.98. The monoisotopic (exact) mass is 357 g/mol. The molecule has 0 bridgehead atoms. The van der Waals surface area contributed by atoms with Gasteiger partial charge in [-0.15, -0.1) is 0 Å². The zero-order valence-corrected chi connectivity index (χ0v) is 13.8. The van der Waals surface area contributed by atoms with Gasteiger partial charge in [0, 0.05) is 20.1 Å². The zero-order valence-electron chi connectivity index (χ0n) is 12.2. The quantitative estimate of drug-likeness (QED) is 0.687. The molecule has 0 aromatic carbocycles. The fourth-order valence-electron chi connectivity index (χ4n) is 2.43. The van der Waals surface area contributed by atoms with Crippen molar-refractivity contribution in [2.24, 2.45) is 19.8 Å². The molecule has 0 radical (unpaired) electrons. The van der Waals surface area contributed by atoms with Gasteiger partial charge in [-0.05, 0) is 28.8 Å². The normalized spacial score (nSPS) is 15.8. The van der Waals surface area contributed by atoms with E-state index in [1.807, 2.05) is 0 Å². The number of fused-ring (bicyclic) bond motifs is 1. The number of hydrogen-bond acceptors (Lipinski definition) is 4. The first-order valence-corrected chi connectivity index (χ1v) is 7.78. The predicted molar refractivity (Wildman–Crippen MR) is 85.3 cm³/mol. The summed E-state index contributed by atoms with van der Waals surface area (Å²) in [6, 6.07) is 0.536. The number of aryl methyl sites for hydroxylation is 1. The van der Waals surface area contributed by atoms with E-state index in [9.17, 15) is 9.59 Å². The Morgan fingerprint density at radius 1 is 1.19 bits per heavy atom. The summed E-state index contributed by atoms with van der Waals surface area (Å²) in [6.45, 7) is 0. The van der Waals surface area contributed by atoms with Crippen LogP contribution < -0.4 is 17.0 Å². The van der Waals surface area contributed by atoms with E-state index >= 15 is 0 Å². The number of imidazole rings is 1. The third-order valence-corrected chi connectivity index (χ3v) is 4.09. The fraction of sp³-hybridized carbons (Fsp3) is 0.615. The van der Waals surface area contributed by atoms with Crippen LogP contribution in [0.2, 0.25) is 0 Å². The number of hydrogen-bond donors (Lipinski definition) is 2. The molecular formula is C13H20BrN5O2. The maximum Gasteiger partial charge on any atom is 0.332 e. The molecule has 1 fully saturated rings. The van der Waals surface area contributed by atoms with E-state index < -0.39 is 0 Å². The summed E-state index contributed by atoms with van der Waals surface area (Å²) < 4.78 is 2.79. The molecular weight excluding hydrogens is 338 g/mol. The molecule has 2 heterocycles. The molecule has 3 N–H and O–H groups in total. The van der Waals surface area contributed by atoms with E-state index in [1.165, 1.54) is 43.7 Å². The van der Waals surface area contributed by atoms with Crippen molar-refractivity contribution in [1.82, 2.24) is 19.1 Å². The lowest BCUT2D eigenvalue weighted by Gasteiger charge is -2.15. The molecule has 1 saturated carbocycles. The zero-order chi connectivity index (χ0) is 15.6. The summed E-state index contributed by atoms with van der Waals surface area (Å²) in [5.74, 6) is 0. The molecule has 1 aliphatic rings. The Hall–Kier alpha value is -1.41. The van der Waals surface area contributed by atoms with Crippen LogP contribution in [0, 0.1) is 0 Å². The van der Waals surface area contributed by atoms with Gasteiger partial charge in [0.25, 0.3) is 5.56 Å². The Balaban J connectivity index is 0.000000194. The number of halogens is 1. The number of rotatable bonds is 0. The SMILES string of the molecule is Cn1c(=O)c2[nH]c(Br)nc2n(C)c1=O.NC1CCCCC1. The molecule has 0 saturated heterocycles. The lowest BCUT2D eigenvalue weighted by molar-refractivity contribution is 0.441. The maximum absolute atomic E-state index is 11.6. The Morgan fingerprint density at radius 2 is 1.81 bits per heavy atom. The summed E-state index contributed by atoms with van der Waals surface area (Å²) in [5.41, 5.74) is 5.55. The number of aromatic nitrogens is 4. The van der Waals surface area contributed by atoms with Crippen LogP contribution in [0.1, 0.15) is 32.1 Å². The Labute approximate surface area is 130 Å². The van der Waals surface area contributed by atoms with E-state index in [4.69, 9.17) is 5.73 Å². The lowest BCUT2D eigenvalue weighted by atomic mass is 9.97. The number of aromatic amines is 1. The van der Waals surface area contributed by atoms with Crippen LogP contribution in [-0.2, 0) is 14.1 Å². The van der Waals surface area contributed by atoms with Crippen LogP contribution in [0.15, 0.2) is 14.3 Å². The van der Waals surface area contributed by atoms with Gasteiger partial charge in [0.05, 0.1) is 0 Å². The maximum atomic E-state index is 11.6. The van der Waals surface area contributed by atoms with E-state index in [2.05, 4.69) is 25.9 Å². The van der Waals surface area contributed by atoms with Gasteiger partial charge in [0.15, 0.2) is 15.9 Å². The van der Waals surface area contributed by atoms with Crippen molar-refractivity contribution in [3.8, 4) is 0 Å². The van der Waals surface area contributed by atoms with E-state index in [0.29, 0.717) is 21.9 Å². The van der Waals surface area contributed by atoms with Gasteiger partial charge in [0.2, 0.25) is 0 Å². The standard InChI is InChI=1S/C7H7BrN4O2.C6H13N/c1-11-4-3(9-6(8)10-4)5(13)12(2)7(11)14;7-6-4-2-1-3-5-6/h1-2H3,(H,9,10);6H,1-5,7H2. The summed E-state index contributed by atoms with van der Waals surface area (Å²) in [7, 11) is 3.00. The molecule has 3 rings (SSSR count). The van der Waals surface area contributed by atoms with Crippen LogP contribution in [0.3, 0.4) is 0 Å². The second-order valence-electron chi connectivity index (χ2n) is 5.33. The lowest BCUT2D eigenvalue weighted by Crippen LogP contribution is -2.36. The van der Waals surface area contributed by atoms with Crippen molar-refractivity contribution in [3.63, 3.8) is 0 Å². The number of nitrogens with zero attached hydrogens (tertiary/aromatic N) is 3. The topological polar surface area (TPSA) is 98.7 Å². The average molecular weight is 358 g/mol. The first kappa shape index (κ1) is 16.0. The molecule has 0 spiro atoms. The minimum atomic E-state index is -0.387. The molecule has 0 atom stereocenters. The van der Waals surface area contributed by atoms with Crippen LogP contribution >= 0.6 is 15.9 Å². The average Bonchev–Trinajstić information content (AvgIpc) is 2.86. The van der Waals surface area contributed by atoms with Gasteiger partial charge < -0.3 is 10.7 Å². The van der Waals surface area contributed by atoms with Crippen molar-refractivity contribution < 1.29 is 0 Å². The van der Waals surface area contributed by atoms with Crippen molar-refractivity contribution in [3.05, 3.63) is 25.6 Å². The summed E-state index contributed by atoms with van der Waals surface area (Å²) in [4.78, 5) is 29.8. The molecule has 2 aromatic heterocycles. The molecule has 0 unspecified atom stereocenters. The fourth-order valence-corrected chi connectivity index (χ4v) is 2.80. The van der Waals surface area contributed by atoms with E-state index in [0.717, 1.165) is 4.57 Å². The highest BCUT2D eigenvalue weighted by Gasteiger charge is 2.11. The Morgan fingerprint density at radius 3 is 2.33 bits per heavy atom. The van der Waals surface area contributed by atoms with Crippen molar-refractivity contribution >= 4 is 27.1 Å². The first-order chi connectivity index (χ1) is 9.91. The highest BCUT2D eigenvalue weighted by Crippen LogP contribution is 2.14. The Kier molecular flexibility index (Phi) is 5.00. The molecule has 1 aliphatic carbocycles. The molecule has 0 amide bonds. The van der Waals surface area contributed by atoms with Crippen molar-refractivity contribution in [2.75, 3.05) is 0 Å². The van der Waals surface area contributed by atoms with Gasteiger partial charge in [-0.2, -0.15) is 0 Å². The molecule has 2 aromatic rings. The number of nitrogens with one attached hydrogen (secondary N) is 1. The highest BCUT2D eigenvalue weighted by molar-refractivity contribution is 9.10. The van der Waals surface area contributed by atoms with E-state index in [1.54, 1.807) is 7.05 Å². The van der Waals surface area contributed by atoms with Crippen LogP contribution in [0.25, 0.3) is 11.2 Å². The molecule has 0 aliphatic heterocycles. The molecule has 116 valence electrons. The third kappa shape index (κ3) is 3.44. The Bertz CT molecular complexity index is 739. The predicted octanol–water partition coefficient (Wildman–Crippen LogP) is 1.00. The number of H-pyrrole nitrogens is 1. The van der Waals surface area contributed by atoms with Gasteiger partial charge in [-0.1, -0.05) is 19.3 Å². The minimum absolute atomic E-state index is 0.321. The minimum Gasteiger partial charge on any atom is -0.328 e. The van der Waals surface area contributed by atoms with Crippen molar-refractivity contribution in [1.29, 1.82) is 0 Å². The van der Waals surface area contributed by atoms with Gasteiger partial charge >= 0.3 is 5.69 Å². The van der Waals surface area contributed by atoms with Crippen LogP contribution in [0.4, 0.5) is 0 Å².